The molecule has 0 aliphatic rings. The van der Waals surface area contributed by atoms with Crippen molar-refractivity contribution in [2.75, 3.05) is 18.2 Å². The van der Waals surface area contributed by atoms with Crippen LogP contribution in [0, 0.1) is 0 Å². The minimum atomic E-state index is -1.18. The molecule has 0 amide bonds. The second-order valence-electron chi connectivity index (χ2n) is 3.50. The van der Waals surface area contributed by atoms with Crippen molar-refractivity contribution in [3.63, 3.8) is 0 Å². The molecule has 6 heteroatoms. The Bertz CT molecular complexity index is 459. The van der Waals surface area contributed by atoms with E-state index in [1.54, 1.807) is 13.8 Å². The topological polar surface area (TPSA) is 90.6 Å². The lowest BCUT2D eigenvalue weighted by Gasteiger charge is -2.17. The summed E-state index contributed by atoms with van der Waals surface area (Å²) in [6, 6.07) is 4.12. The van der Waals surface area contributed by atoms with Crippen LogP contribution in [0.2, 0.25) is 0 Å². The first-order valence-electron chi connectivity index (χ1n) is 5.54. The molecule has 0 bridgehead atoms. The van der Waals surface area contributed by atoms with E-state index in [4.69, 9.17) is 15.7 Å². The fourth-order valence-corrected chi connectivity index (χ4v) is 1.45. The second-order valence-corrected chi connectivity index (χ2v) is 3.50. The summed E-state index contributed by atoms with van der Waals surface area (Å²) in [6.45, 7) is 3.98. The zero-order valence-corrected chi connectivity index (χ0v) is 10.3. The summed E-state index contributed by atoms with van der Waals surface area (Å²) in [5, 5.41) is 10.1. The molecule has 0 unspecified atom stereocenters. The smallest absolute Gasteiger partial charge is 0.338 e. The van der Waals surface area contributed by atoms with Gasteiger partial charge in [-0.3, -0.25) is 5.01 Å². The summed E-state index contributed by atoms with van der Waals surface area (Å²) < 4.78 is 4.80. The maximum Gasteiger partial charge on any atom is 0.338 e. The molecule has 2 N–H and O–H groups in total. The van der Waals surface area contributed by atoms with Gasteiger partial charge in [0.15, 0.2) is 0 Å². The van der Waals surface area contributed by atoms with Gasteiger partial charge >= 0.3 is 11.9 Å². The van der Waals surface area contributed by atoms with E-state index in [9.17, 15) is 9.59 Å². The summed E-state index contributed by atoms with van der Waals surface area (Å²) in [7, 11) is 0. The number of ether oxygens (including phenoxy) is 1. The zero-order valence-electron chi connectivity index (χ0n) is 10.3. The number of aromatic carboxylic acids is 1. The lowest BCUT2D eigenvalue weighted by Crippen LogP contribution is -2.22. The third kappa shape index (κ3) is 2.98. The number of carboxylic acids is 1. The molecule has 97 valence electrons. The van der Waals surface area contributed by atoms with E-state index >= 15 is 0 Å². The summed E-state index contributed by atoms with van der Waals surface area (Å²) >= 11 is 0. The lowest BCUT2D eigenvalue weighted by atomic mass is 10.1. The van der Waals surface area contributed by atoms with Crippen LogP contribution in [0.4, 0.5) is 5.69 Å². The summed E-state index contributed by atoms with van der Waals surface area (Å²) in [5.41, 5.74) is 0.331. The largest absolute Gasteiger partial charge is 0.478 e. The molecule has 0 aliphatic heterocycles. The van der Waals surface area contributed by atoms with Crippen LogP contribution in [0.15, 0.2) is 18.2 Å². The van der Waals surface area contributed by atoms with E-state index in [0.29, 0.717) is 6.54 Å². The van der Waals surface area contributed by atoms with Crippen LogP contribution in [0.3, 0.4) is 0 Å². The highest BCUT2D eigenvalue weighted by molar-refractivity contribution is 5.98. The highest BCUT2D eigenvalue weighted by atomic mass is 16.5. The third-order valence-electron chi connectivity index (χ3n) is 2.35. The number of carbonyl (C=O) groups excluding carboxylic acids is 1. The number of rotatable bonds is 5. The van der Waals surface area contributed by atoms with Crippen molar-refractivity contribution >= 4 is 17.6 Å². The van der Waals surface area contributed by atoms with Gasteiger partial charge in [0, 0.05) is 6.54 Å². The Morgan fingerprint density at radius 3 is 2.56 bits per heavy atom. The second kappa shape index (κ2) is 6.02. The highest BCUT2D eigenvalue weighted by Gasteiger charge is 2.17. The first-order chi connectivity index (χ1) is 8.51. The molecule has 0 atom stereocenters. The number of hydrogen-bond donors (Lipinski definition) is 1. The first kappa shape index (κ1) is 14.0. The molecule has 0 fully saturated rings. The molecule has 1 aromatic carbocycles. The number of nitrogens with one attached hydrogen (secondary N) is 1. The molecule has 0 aliphatic carbocycles. The van der Waals surface area contributed by atoms with E-state index < -0.39 is 11.9 Å². The van der Waals surface area contributed by atoms with E-state index in [-0.39, 0.29) is 23.4 Å². The van der Waals surface area contributed by atoms with E-state index in [2.05, 4.69) is 0 Å². The van der Waals surface area contributed by atoms with Crippen molar-refractivity contribution in [1.29, 1.82) is 0 Å². The summed E-state index contributed by atoms with van der Waals surface area (Å²) in [5.74, 6) is 5.86. The molecule has 1 radical (unpaired) electrons. The number of hydrogen-bond acceptors (Lipinski definition) is 4. The van der Waals surface area contributed by atoms with Crippen LogP contribution < -0.4 is 10.9 Å². The lowest BCUT2D eigenvalue weighted by molar-refractivity contribution is 0.0526. The number of nitrogens with zero attached hydrogens (tertiary/aromatic N) is 1. The molecule has 1 rings (SSSR count). The van der Waals surface area contributed by atoms with E-state index in [1.807, 2.05) is 0 Å². The molecule has 0 heterocycles. The summed E-state index contributed by atoms with van der Waals surface area (Å²) in [6.07, 6.45) is 0. The van der Waals surface area contributed by atoms with Crippen molar-refractivity contribution in [3.05, 3.63) is 29.3 Å². The van der Waals surface area contributed by atoms with Crippen molar-refractivity contribution in [2.45, 2.75) is 13.8 Å². The first-order valence-corrected chi connectivity index (χ1v) is 5.54. The Morgan fingerprint density at radius 1 is 1.39 bits per heavy atom. The number of anilines is 1. The number of benzene rings is 1. The van der Waals surface area contributed by atoms with Crippen molar-refractivity contribution in [1.82, 2.24) is 5.84 Å². The van der Waals surface area contributed by atoms with E-state index in [0.717, 1.165) is 5.01 Å². The Balaban J connectivity index is 3.19. The van der Waals surface area contributed by atoms with Gasteiger partial charge in [-0.05, 0) is 32.0 Å². The minimum Gasteiger partial charge on any atom is -0.478 e. The minimum absolute atomic E-state index is 0.0857. The van der Waals surface area contributed by atoms with Gasteiger partial charge in [-0.25, -0.2) is 9.59 Å². The average Bonchev–Trinajstić information content (AvgIpc) is 2.37. The molecular formula is C12H15N2O4. The van der Waals surface area contributed by atoms with Gasteiger partial charge in [-0.1, -0.05) is 0 Å². The molecule has 0 saturated carbocycles. The van der Waals surface area contributed by atoms with Crippen LogP contribution in [0.25, 0.3) is 0 Å². The van der Waals surface area contributed by atoms with Gasteiger partial charge in [0.2, 0.25) is 0 Å². The van der Waals surface area contributed by atoms with Crippen molar-refractivity contribution in [3.8, 4) is 0 Å². The Labute approximate surface area is 105 Å². The summed E-state index contributed by atoms with van der Waals surface area (Å²) in [4.78, 5) is 22.6. The normalized spacial score (nSPS) is 9.94. The predicted molar refractivity (Wildman–Crippen MR) is 65.5 cm³/mol. The van der Waals surface area contributed by atoms with Gasteiger partial charge in [0.25, 0.3) is 0 Å². The maximum atomic E-state index is 11.5. The SMILES string of the molecule is CCOC(=O)c1ccc(N([NH])CC)c(C(=O)O)c1. The molecule has 0 spiro atoms. The molecule has 0 aromatic heterocycles. The zero-order chi connectivity index (χ0) is 13.7. The average molecular weight is 251 g/mol. The van der Waals surface area contributed by atoms with Crippen LogP contribution in [0.1, 0.15) is 34.6 Å². The van der Waals surface area contributed by atoms with Crippen LogP contribution in [-0.4, -0.2) is 30.2 Å². The molecule has 0 saturated heterocycles. The third-order valence-corrected chi connectivity index (χ3v) is 2.35. The van der Waals surface area contributed by atoms with Crippen molar-refractivity contribution in [2.24, 2.45) is 0 Å². The van der Waals surface area contributed by atoms with Gasteiger partial charge in [-0.15, -0.1) is 0 Å². The fourth-order valence-electron chi connectivity index (χ4n) is 1.45. The van der Waals surface area contributed by atoms with E-state index in [1.165, 1.54) is 18.2 Å². The fraction of sp³-hybridized carbons (Fsp3) is 0.333. The predicted octanol–water partition coefficient (Wildman–Crippen LogP) is 1.59. The van der Waals surface area contributed by atoms with Gasteiger partial charge in [0.1, 0.15) is 0 Å². The Morgan fingerprint density at radius 2 is 2.06 bits per heavy atom. The van der Waals surface area contributed by atoms with Gasteiger partial charge < -0.3 is 9.84 Å². The highest BCUT2D eigenvalue weighted by Crippen LogP contribution is 2.21. The number of carbonyl (C=O) groups is 2. The molecule has 18 heavy (non-hydrogen) atoms. The molecular weight excluding hydrogens is 236 g/mol. The van der Waals surface area contributed by atoms with Crippen LogP contribution in [0.5, 0.6) is 0 Å². The maximum absolute atomic E-state index is 11.5. The standard InChI is InChI=1S/C12H15N2O4/c1-3-14(13)10-6-5-8(12(17)18-4-2)7-9(10)11(15)16/h5-7,13H,3-4H2,1-2H3,(H,15,16). The Hall–Kier alpha value is -2.08. The number of carboxylic acid groups (broad SMARTS) is 1. The monoisotopic (exact) mass is 251 g/mol. The van der Waals surface area contributed by atoms with Gasteiger partial charge in [0.05, 0.1) is 23.4 Å². The molecule has 6 nitrogen and oxygen atoms in total. The van der Waals surface area contributed by atoms with Crippen LogP contribution >= 0.6 is 0 Å². The quantitative estimate of drug-likeness (QED) is 0.633. The molecule has 1 aromatic rings. The van der Waals surface area contributed by atoms with Crippen molar-refractivity contribution < 1.29 is 19.4 Å². The van der Waals surface area contributed by atoms with Gasteiger partial charge in [-0.2, -0.15) is 5.84 Å². The number of esters is 1. The van der Waals surface area contributed by atoms with Crippen LogP contribution in [-0.2, 0) is 4.74 Å². The Kier molecular flexibility index (Phi) is 4.67.